The van der Waals surface area contributed by atoms with Gasteiger partial charge in [-0.15, -0.1) is 0 Å². The molecule has 7 nitrogen and oxygen atoms in total. The Balaban J connectivity index is 2.11. The lowest BCUT2D eigenvalue weighted by atomic mass is 10.00. The summed E-state index contributed by atoms with van der Waals surface area (Å²) in [6, 6.07) is 3.02. The molecule has 0 radical (unpaired) electrons. The number of ether oxygens (including phenoxy) is 1. The molecule has 0 aliphatic carbocycles. The van der Waals surface area contributed by atoms with Gasteiger partial charge in [0.25, 0.3) is 5.91 Å². The zero-order valence-corrected chi connectivity index (χ0v) is 16.6. The van der Waals surface area contributed by atoms with E-state index in [4.69, 9.17) is 4.74 Å². The molecule has 1 aliphatic heterocycles. The van der Waals surface area contributed by atoms with Crippen molar-refractivity contribution in [3.63, 3.8) is 0 Å². The summed E-state index contributed by atoms with van der Waals surface area (Å²) in [5.74, 6) is -2.30. The van der Waals surface area contributed by atoms with E-state index in [0.29, 0.717) is 6.54 Å². The van der Waals surface area contributed by atoms with Crippen LogP contribution in [0.2, 0.25) is 0 Å². The molecule has 1 heterocycles. The molecule has 1 saturated heterocycles. The summed E-state index contributed by atoms with van der Waals surface area (Å²) in [6.07, 6.45) is 3.68. The summed E-state index contributed by atoms with van der Waals surface area (Å²) in [4.78, 5) is 26.0. The fourth-order valence-electron chi connectivity index (χ4n) is 3.07. The summed E-state index contributed by atoms with van der Waals surface area (Å²) in [6.45, 7) is 2.10. The maximum atomic E-state index is 14.0. The van der Waals surface area contributed by atoms with Gasteiger partial charge in [0.2, 0.25) is 10.0 Å². The number of hydrogen-bond donors (Lipinski definition) is 0. The van der Waals surface area contributed by atoms with Crippen molar-refractivity contribution in [3.05, 3.63) is 29.6 Å². The number of carbonyl (C=O) groups excluding carboxylic acids is 2. The lowest BCUT2D eigenvalue weighted by Gasteiger charge is -2.35. The van der Waals surface area contributed by atoms with Gasteiger partial charge < -0.3 is 9.64 Å². The van der Waals surface area contributed by atoms with Crippen LogP contribution in [-0.2, 0) is 19.6 Å². The van der Waals surface area contributed by atoms with Gasteiger partial charge in [0.1, 0.15) is 5.82 Å². The Bertz CT molecular complexity index is 810. The van der Waals surface area contributed by atoms with Crippen LogP contribution in [0.15, 0.2) is 23.1 Å². The van der Waals surface area contributed by atoms with Gasteiger partial charge in [-0.3, -0.25) is 4.79 Å². The Labute approximate surface area is 159 Å². The molecule has 150 valence electrons. The number of amides is 1. The van der Waals surface area contributed by atoms with E-state index < -0.39 is 34.0 Å². The lowest BCUT2D eigenvalue weighted by molar-refractivity contribution is -0.138. The third-order valence-corrected chi connectivity index (χ3v) is 6.49. The first-order valence-electron chi connectivity index (χ1n) is 8.87. The highest BCUT2D eigenvalue weighted by Crippen LogP contribution is 2.21. The average molecular weight is 400 g/mol. The minimum Gasteiger partial charge on any atom is -0.452 e. The highest BCUT2D eigenvalue weighted by Gasteiger charge is 2.27. The van der Waals surface area contributed by atoms with E-state index in [2.05, 4.69) is 0 Å². The Morgan fingerprint density at radius 3 is 2.63 bits per heavy atom. The average Bonchev–Trinajstić information content (AvgIpc) is 2.65. The number of carbonyl (C=O) groups is 2. The van der Waals surface area contributed by atoms with Crippen LogP contribution in [0, 0.1) is 5.82 Å². The Hall–Kier alpha value is -2.00. The van der Waals surface area contributed by atoms with Gasteiger partial charge in [0, 0.05) is 26.7 Å². The summed E-state index contributed by atoms with van der Waals surface area (Å²) >= 11 is 0. The monoisotopic (exact) mass is 400 g/mol. The van der Waals surface area contributed by atoms with Crippen LogP contribution >= 0.6 is 0 Å². The largest absolute Gasteiger partial charge is 0.452 e. The molecule has 1 aromatic carbocycles. The molecule has 1 atom stereocenters. The zero-order chi connectivity index (χ0) is 20.2. The highest BCUT2D eigenvalue weighted by atomic mass is 32.2. The summed E-state index contributed by atoms with van der Waals surface area (Å²) in [5, 5.41) is 0. The third-order valence-electron chi connectivity index (χ3n) is 4.68. The number of benzene rings is 1. The second-order valence-electron chi connectivity index (χ2n) is 6.65. The van der Waals surface area contributed by atoms with E-state index in [0.717, 1.165) is 48.2 Å². The van der Waals surface area contributed by atoms with Gasteiger partial charge in [0.05, 0.1) is 10.5 Å². The van der Waals surface area contributed by atoms with E-state index in [9.17, 15) is 22.4 Å². The number of rotatable bonds is 6. The SMILES string of the molecule is CC[C@@H]1CCCCN1C(=O)COC(=O)c1cc(S(=O)(=O)N(C)C)ccc1F. The zero-order valence-electron chi connectivity index (χ0n) is 15.8. The predicted molar refractivity (Wildman–Crippen MR) is 97.2 cm³/mol. The molecule has 0 N–H and O–H groups in total. The maximum absolute atomic E-state index is 14.0. The summed E-state index contributed by atoms with van der Waals surface area (Å²) in [5.41, 5.74) is -0.517. The van der Waals surface area contributed by atoms with Crippen LogP contribution in [-0.4, -0.2) is 62.8 Å². The standard InChI is InChI=1S/C18H25FN2O5S/c1-4-13-7-5-6-10-21(13)17(22)12-26-18(23)15-11-14(8-9-16(15)19)27(24,25)20(2)3/h8-9,11,13H,4-7,10,12H2,1-3H3/t13-/m1/s1. The minimum atomic E-state index is -3.83. The van der Waals surface area contributed by atoms with Crippen molar-refractivity contribution in [1.82, 2.24) is 9.21 Å². The molecule has 0 spiro atoms. The highest BCUT2D eigenvalue weighted by molar-refractivity contribution is 7.89. The third kappa shape index (κ3) is 4.84. The van der Waals surface area contributed by atoms with Gasteiger partial charge in [-0.25, -0.2) is 21.9 Å². The fraction of sp³-hybridized carbons (Fsp3) is 0.556. The van der Waals surface area contributed by atoms with E-state index >= 15 is 0 Å². The van der Waals surface area contributed by atoms with Crippen LogP contribution in [0.5, 0.6) is 0 Å². The molecule has 2 rings (SSSR count). The summed E-state index contributed by atoms with van der Waals surface area (Å²) < 4.78 is 44.2. The Morgan fingerprint density at radius 2 is 2.00 bits per heavy atom. The normalized spacial score (nSPS) is 17.8. The second kappa shape index (κ2) is 8.79. The second-order valence-corrected chi connectivity index (χ2v) is 8.80. The number of likely N-dealkylation sites (tertiary alicyclic amines) is 1. The molecular weight excluding hydrogens is 375 g/mol. The van der Waals surface area contributed by atoms with Crippen LogP contribution in [0.25, 0.3) is 0 Å². The van der Waals surface area contributed by atoms with Crippen molar-refractivity contribution >= 4 is 21.9 Å². The molecule has 9 heteroatoms. The molecule has 27 heavy (non-hydrogen) atoms. The molecule has 0 bridgehead atoms. The van der Waals surface area contributed by atoms with Crippen molar-refractivity contribution in [2.75, 3.05) is 27.2 Å². The molecular formula is C18H25FN2O5S. The van der Waals surface area contributed by atoms with Gasteiger partial charge >= 0.3 is 5.97 Å². The van der Waals surface area contributed by atoms with Gasteiger partial charge in [-0.2, -0.15) is 0 Å². The Kier molecular flexibility index (Phi) is 6.94. The molecule has 0 aromatic heterocycles. The topological polar surface area (TPSA) is 84.0 Å². The van der Waals surface area contributed by atoms with E-state index in [1.807, 2.05) is 6.92 Å². The molecule has 1 aromatic rings. The number of sulfonamides is 1. The number of hydrogen-bond acceptors (Lipinski definition) is 5. The molecule has 0 saturated carbocycles. The summed E-state index contributed by atoms with van der Waals surface area (Å²) in [7, 11) is -1.16. The van der Waals surface area contributed by atoms with Crippen LogP contribution in [0.4, 0.5) is 4.39 Å². The van der Waals surface area contributed by atoms with Crippen molar-refractivity contribution in [2.45, 2.75) is 43.5 Å². The van der Waals surface area contributed by atoms with Crippen molar-refractivity contribution in [3.8, 4) is 0 Å². The minimum absolute atomic E-state index is 0.121. The van der Waals surface area contributed by atoms with Gasteiger partial charge in [-0.1, -0.05) is 6.92 Å². The Morgan fingerprint density at radius 1 is 1.30 bits per heavy atom. The van der Waals surface area contributed by atoms with E-state index in [-0.39, 0.29) is 16.8 Å². The van der Waals surface area contributed by atoms with Gasteiger partial charge in [0.15, 0.2) is 6.61 Å². The van der Waals surface area contributed by atoms with Gasteiger partial charge in [-0.05, 0) is 43.9 Å². The van der Waals surface area contributed by atoms with Crippen LogP contribution in [0.3, 0.4) is 0 Å². The predicted octanol–water partition coefficient (Wildman–Crippen LogP) is 2.02. The molecule has 1 aliphatic rings. The maximum Gasteiger partial charge on any atom is 0.341 e. The number of esters is 1. The van der Waals surface area contributed by atoms with Crippen LogP contribution in [0.1, 0.15) is 43.0 Å². The van der Waals surface area contributed by atoms with Crippen molar-refractivity contribution in [2.24, 2.45) is 0 Å². The molecule has 1 amide bonds. The smallest absolute Gasteiger partial charge is 0.341 e. The number of piperidine rings is 1. The first-order valence-corrected chi connectivity index (χ1v) is 10.3. The van der Waals surface area contributed by atoms with Crippen LogP contribution < -0.4 is 0 Å². The number of halogens is 1. The number of nitrogens with zero attached hydrogens (tertiary/aromatic N) is 2. The lowest BCUT2D eigenvalue weighted by Crippen LogP contribution is -2.45. The quantitative estimate of drug-likeness (QED) is 0.682. The van der Waals surface area contributed by atoms with Crippen molar-refractivity contribution < 1.29 is 27.1 Å². The first kappa shape index (κ1) is 21.3. The molecule has 0 unspecified atom stereocenters. The fourth-order valence-corrected chi connectivity index (χ4v) is 4.00. The first-order chi connectivity index (χ1) is 12.7. The van der Waals surface area contributed by atoms with E-state index in [1.54, 1.807) is 4.90 Å². The van der Waals surface area contributed by atoms with E-state index in [1.165, 1.54) is 14.1 Å². The molecule has 1 fully saturated rings. The van der Waals surface area contributed by atoms with Crippen molar-refractivity contribution in [1.29, 1.82) is 0 Å².